The first-order valence-corrected chi connectivity index (χ1v) is 12.0. The third kappa shape index (κ3) is 7.39. The third-order valence-corrected chi connectivity index (χ3v) is 6.04. The van der Waals surface area contributed by atoms with E-state index in [1.807, 2.05) is 19.1 Å². The number of halogens is 1. The maximum atomic E-state index is 14.1. The molecule has 6 nitrogen and oxygen atoms in total. The molecule has 1 aliphatic carbocycles. The van der Waals surface area contributed by atoms with Crippen molar-refractivity contribution in [3.05, 3.63) is 113 Å². The summed E-state index contributed by atoms with van der Waals surface area (Å²) in [5.41, 5.74) is 10.5. The lowest BCUT2D eigenvalue weighted by Gasteiger charge is -2.32. The topological polar surface area (TPSA) is 77.6 Å². The zero-order chi connectivity index (χ0) is 25.0. The summed E-state index contributed by atoms with van der Waals surface area (Å²) >= 11 is 0. The van der Waals surface area contributed by atoms with Gasteiger partial charge in [-0.05, 0) is 50.7 Å². The summed E-state index contributed by atoms with van der Waals surface area (Å²) in [6, 6.07) is 6.81. The molecule has 1 heterocycles. The lowest BCUT2D eigenvalue weighted by Crippen LogP contribution is -2.36. The molecule has 5 N–H and O–H groups in total. The molecule has 2 atom stereocenters. The van der Waals surface area contributed by atoms with Gasteiger partial charge in [0.15, 0.2) is 0 Å². The van der Waals surface area contributed by atoms with E-state index in [9.17, 15) is 4.39 Å². The van der Waals surface area contributed by atoms with Gasteiger partial charge >= 0.3 is 0 Å². The minimum absolute atomic E-state index is 0.0768. The van der Waals surface area contributed by atoms with Gasteiger partial charge in [-0.15, -0.1) is 5.73 Å². The van der Waals surface area contributed by atoms with E-state index in [2.05, 4.69) is 47.0 Å². The van der Waals surface area contributed by atoms with Crippen LogP contribution >= 0.6 is 0 Å². The Morgan fingerprint density at radius 3 is 2.86 bits per heavy atom. The summed E-state index contributed by atoms with van der Waals surface area (Å²) in [7, 11) is 0. The molecule has 0 amide bonds. The summed E-state index contributed by atoms with van der Waals surface area (Å²) in [5.74, 6) is 0.0908. The van der Waals surface area contributed by atoms with Crippen LogP contribution in [0.25, 0.3) is 0 Å². The minimum atomic E-state index is -0.186. The van der Waals surface area contributed by atoms with Gasteiger partial charge in [0.1, 0.15) is 5.82 Å². The number of allylic oxidation sites excluding steroid dienone is 4. The van der Waals surface area contributed by atoms with E-state index in [4.69, 9.17) is 10.0 Å². The average molecular weight is 479 g/mol. The van der Waals surface area contributed by atoms with Gasteiger partial charge < -0.3 is 16.0 Å². The van der Waals surface area contributed by atoms with Crippen molar-refractivity contribution in [2.75, 3.05) is 13.2 Å². The fraction of sp³-hybridized carbons (Fsp3) is 0.321. The van der Waals surface area contributed by atoms with Crippen LogP contribution in [0.4, 0.5) is 4.39 Å². The first kappa shape index (κ1) is 26.4. The zero-order valence-electron chi connectivity index (χ0n) is 20.2. The quantitative estimate of drug-likeness (QED) is 0.116. The van der Waals surface area contributed by atoms with Crippen molar-refractivity contribution in [1.82, 2.24) is 21.6 Å². The van der Waals surface area contributed by atoms with E-state index in [1.54, 1.807) is 29.9 Å². The van der Waals surface area contributed by atoms with Crippen LogP contribution in [0.3, 0.4) is 0 Å². The Labute approximate surface area is 207 Å². The second-order valence-corrected chi connectivity index (χ2v) is 8.51. The van der Waals surface area contributed by atoms with Gasteiger partial charge in [-0.2, -0.15) is 0 Å². The van der Waals surface area contributed by atoms with Crippen molar-refractivity contribution in [2.45, 2.75) is 38.6 Å². The lowest BCUT2D eigenvalue weighted by molar-refractivity contribution is -0.127. The Bertz CT molecular complexity index is 1070. The van der Waals surface area contributed by atoms with Crippen molar-refractivity contribution in [1.29, 1.82) is 0 Å². The fourth-order valence-electron chi connectivity index (χ4n) is 4.16. The highest BCUT2D eigenvalue weighted by Crippen LogP contribution is 2.29. The molecule has 0 saturated carbocycles. The summed E-state index contributed by atoms with van der Waals surface area (Å²) in [4.78, 5) is 4.81. The molecular weight excluding hydrogens is 443 g/mol. The van der Waals surface area contributed by atoms with E-state index in [-0.39, 0.29) is 17.8 Å². The summed E-state index contributed by atoms with van der Waals surface area (Å²) in [6.45, 7) is 10.8. The SMILES string of the molecule is C=CC=C=C(C=C)C1=C(CCCCONO)NC2=CC(CNC(C)c3ccccc3F)CC=C2N1. The summed E-state index contributed by atoms with van der Waals surface area (Å²) < 4.78 is 14.1. The monoisotopic (exact) mass is 478 g/mol. The first-order chi connectivity index (χ1) is 17.1. The van der Waals surface area contributed by atoms with Crippen LogP contribution in [0.2, 0.25) is 0 Å². The van der Waals surface area contributed by atoms with Crippen molar-refractivity contribution in [3.8, 4) is 0 Å². The molecule has 3 rings (SSSR count). The van der Waals surface area contributed by atoms with E-state index in [0.717, 1.165) is 60.6 Å². The predicted molar refractivity (Wildman–Crippen MR) is 137 cm³/mol. The summed E-state index contributed by atoms with van der Waals surface area (Å²) in [5, 5.41) is 19.2. The standard InChI is InChI=1S/C28H35FN4O2/c1-4-6-11-22(5-2)28-26(14-9-10-17-35-33-34)31-27-18-21(15-16-25(27)32-28)19-30-20(3)23-12-7-8-13-24(23)29/h4-8,12-13,16,18,20-21,30-34H,1-2,9-10,14-15,17,19H2,3H3. The zero-order valence-corrected chi connectivity index (χ0v) is 20.2. The van der Waals surface area contributed by atoms with Gasteiger partial charge in [-0.3, -0.25) is 10.0 Å². The molecule has 35 heavy (non-hydrogen) atoms. The van der Waals surface area contributed by atoms with Gasteiger partial charge in [-0.25, -0.2) is 4.39 Å². The van der Waals surface area contributed by atoms with Crippen LogP contribution in [0.15, 0.2) is 102 Å². The predicted octanol–water partition coefficient (Wildman–Crippen LogP) is 5.20. The van der Waals surface area contributed by atoms with Crippen LogP contribution in [0.5, 0.6) is 0 Å². The van der Waals surface area contributed by atoms with E-state index in [1.165, 1.54) is 6.07 Å². The second-order valence-electron chi connectivity index (χ2n) is 8.51. The summed E-state index contributed by atoms with van der Waals surface area (Å²) in [6.07, 6.45) is 12.9. The van der Waals surface area contributed by atoms with Crippen molar-refractivity contribution >= 4 is 0 Å². The molecule has 0 fully saturated rings. The molecular formula is C28H35FN4O2. The average Bonchev–Trinajstić information content (AvgIpc) is 2.87. The van der Waals surface area contributed by atoms with Crippen LogP contribution in [0, 0.1) is 11.7 Å². The molecule has 0 spiro atoms. The molecule has 186 valence electrons. The van der Waals surface area contributed by atoms with Crippen LogP contribution in [-0.4, -0.2) is 18.4 Å². The number of hydrogen-bond acceptors (Lipinski definition) is 6. The lowest BCUT2D eigenvalue weighted by atomic mass is 9.93. The van der Waals surface area contributed by atoms with Gasteiger partial charge in [0.2, 0.25) is 0 Å². The largest absolute Gasteiger partial charge is 0.356 e. The smallest absolute Gasteiger partial charge is 0.127 e. The van der Waals surface area contributed by atoms with Gasteiger partial charge in [-0.1, -0.05) is 61.3 Å². The Balaban J connectivity index is 1.73. The molecule has 0 bridgehead atoms. The maximum Gasteiger partial charge on any atom is 0.127 e. The van der Waals surface area contributed by atoms with Crippen molar-refractivity contribution in [3.63, 3.8) is 0 Å². The highest BCUT2D eigenvalue weighted by molar-refractivity contribution is 5.50. The van der Waals surface area contributed by atoms with E-state index >= 15 is 0 Å². The molecule has 2 unspecified atom stereocenters. The van der Waals surface area contributed by atoms with E-state index in [0.29, 0.717) is 12.2 Å². The molecule has 7 heteroatoms. The molecule has 1 aromatic rings. The molecule has 0 saturated heterocycles. The van der Waals surface area contributed by atoms with Crippen LogP contribution in [0.1, 0.15) is 44.2 Å². The van der Waals surface area contributed by atoms with E-state index < -0.39 is 0 Å². The van der Waals surface area contributed by atoms with Gasteiger partial charge in [0, 0.05) is 29.4 Å². The third-order valence-electron chi connectivity index (χ3n) is 6.04. The Hall–Kier alpha value is -3.19. The molecule has 0 aromatic heterocycles. The number of benzene rings is 1. The second kappa shape index (κ2) is 13.6. The number of fused-ring (bicyclic) bond motifs is 1. The Morgan fingerprint density at radius 2 is 2.11 bits per heavy atom. The van der Waals surface area contributed by atoms with Gasteiger partial charge in [0.25, 0.3) is 0 Å². The van der Waals surface area contributed by atoms with Gasteiger partial charge in [0.05, 0.1) is 23.7 Å². The van der Waals surface area contributed by atoms with Crippen LogP contribution < -0.4 is 21.6 Å². The molecule has 1 aromatic carbocycles. The maximum absolute atomic E-state index is 14.1. The number of rotatable bonds is 13. The van der Waals surface area contributed by atoms with Crippen LogP contribution in [-0.2, 0) is 4.84 Å². The normalized spacial score (nSPS) is 17.6. The minimum Gasteiger partial charge on any atom is -0.356 e. The first-order valence-electron chi connectivity index (χ1n) is 12.0. The van der Waals surface area contributed by atoms with Crippen molar-refractivity contribution < 1.29 is 14.4 Å². The Kier molecular flexibility index (Phi) is 10.3. The molecule has 2 aliphatic rings. The number of hydrogen-bond donors (Lipinski definition) is 5. The van der Waals surface area contributed by atoms with Crippen molar-refractivity contribution in [2.24, 2.45) is 5.92 Å². The fourth-order valence-corrected chi connectivity index (χ4v) is 4.16. The highest BCUT2D eigenvalue weighted by atomic mass is 19.1. The number of unbranched alkanes of at least 4 members (excludes halogenated alkanes) is 1. The molecule has 0 radical (unpaired) electrons. The molecule has 1 aliphatic heterocycles. The Morgan fingerprint density at radius 1 is 1.29 bits per heavy atom. The number of nitrogens with one attached hydrogen (secondary N) is 4. The highest BCUT2D eigenvalue weighted by Gasteiger charge is 2.25.